The van der Waals surface area contributed by atoms with Gasteiger partial charge < -0.3 is 4.74 Å². The Morgan fingerprint density at radius 2 is 1.90 bits per heavy atom. The van der Waals surface area contributed by atoms with Crippen LogP contribution in [0, 0.1) is 0 Å². The van der Waals surface area contributed by atoms with Gasteiger partial charge in [-0.15, -0.1) is 11.3 Å². The Labute approximate surface area is 124 Å². The van der Waals surface area contributed by atoms with Crippen molar-refractivity contribution in [2.75, 3.05) is 0 Å². The average molecular weight is 298 g/mol. The number of rotatable bonds is 1. The predicted octanol–water partition coefficient (Wildman–Crippen LogP) is 4.86. The quantitative estimate of drug-likeness (QED) is 0.600. The molecule has 1 aliphatic rings. The van der Waals surface area contributed by atoms with Crippen molar-refractivity contribution in [2.24, 2.45) is 0 Å². The van der Waals surface area contributed by atoms with E-state index in [4.69, 9.17) is 4.74 Å². The maximum Gasteiger partial charge on any atom is 0.341 e. The van der Waals surface area contributed by atoms with Gasteiger partial charge in [-0.05, 0) is 28.3 Å². The largest absolute Gasteiger partial charge is 0.441 e. The SMILES string of the molecule is O=C1OC(c2cccs2)Sc2ccc3ccccc3c21. The minimum Gasteiger partial charge on any atom is -0.441 e. The Kier molecular flexibility index (Phi) is 2.79. The summed E-state index contributed by atoms with van der Waals surface area (Å²) in [6.45, 7) is 0. The van der Waals surface area contributed by atoms with Crippen LogP contribution in [0.4, 0.5) is 0 Å². The third-order valence-corrected chi connectivity index (χ3v) is 5.54. The number of thioether (sulfide) groups is 1. The molecule has 20 heavy (non-hydrogen) atoms. The molecule has 2 heterocycles. The normalized spacial score (nSPS) is 17.8. The van der Waals surface area contributed by atoms with E-state index < -0.39 is 0 Å². The molecular formula is C16H10O2S2. The monoisotopic (exact) mass is 298 g/mol. The highest BCUT2D eigenvalue weighted by Gasteiger charge is 2.30. The highest BCUT2D eigenvalue weighted by atomic mass is 32.2. The van der Waals surface area contributed by atoms with Gasteiger partial charge in [-0.3, -0.25) is 0 Å². The van der Waals surface area contributed by atoms with Crippen LogP contribution in [0.5, 0.6) is 0 Å². The van der Waals surface area contributed by atoms with Gasteiger partial charge in [0, 0.05) is 4.90 Å². The zero-order chi connectivity index (χ0) is 13.5. The Hall–Kier alpha value is -1.78. The summed E-state index contributed by atoms with van der Waals surface area (Å²) in [5, 5.41) is 4.03. The van der Waals surface area contributed by atoms with Crippen molar-refractivity contribution in [3.05, 3.63) is 64.4 Å². The number of thiophene rings is 1. The smallest absolute Gasteiger partial charge is 0.341 e. The second-order valence-corrected chi connectivity index (χ2v) is 6.61. The van der Waals surface area contributed by atoms with Crippen LogP contribution in [0.3, 0.4) is 0 Å². The summed E-state index contributed by atoms with van der Waals surface area (Å²) in [4.78, 5) is 14.4. The fraction of sp³-hybridized carbons (Fsp3) is 0.0625. The molecule has 4 rings (SSSR count). The molecule has 0 radical (unpaired) electrons. The van der Waals surface area contributed by atoms with Gasteiger partial charge in [0.15, 0.2) is 5.44 Å². The van der Waals surface area contributed by atoms with E-state index in [1.54, 1.807) is 23.1 Å². The molecule has 1 aliphatic heterocycles. The number of esters is 1. The van der Waals surface area contributed by atoms with Crippen LogP contribution in [0.15, 0.2) is 58.8 Å². The number of benzene rings is 2. The van der Waals surface area contributed by atoms with Crippen LogP contribution in [0.2, 0.25) is 0 Å². The van der Waals surface area contributed by atoms with Crippen LogP contribution in [0.1, 0.15) is 20.7 Å². The first kappa shape index (κ1) is 12.0. The van der Waals surface area contributed by atoms with Crippen molar-refractivity contribution in [3.8, 4) is 0 Å². The molecule has 4 heteroatoms. The number of ether oxygens (including phenoxy) is 1. The second kappa shape index (κ2) is 4.65. The van der Waals surface area contributed by atoms with E-state index in [0.717, 1.165) is 20.5 Å². The molecule has 3 aromatic rings. The first-order chi connectivity index (χ1) is 9.83. The summed E-state index contributed by atoms with van der Waals surface area (Å²) in [6, 6.07) is 16.0. The maximum atomic E-state index is 12.4. The summed E-state index contributed by atoms with van der Waals surface area (Å²) >= 11 is 3.21. The van der Waals surface area contributed by atoms with E-state index in [-0.39, 0.29) is 11.4 Å². The fourth-order valence-corrected chi connectivity index (χ4v) is 4.36. The van der Waals surface area contributed by atoms with Crippen molar-refractivity contribution >= 4 is 39.8 Å². The third kappa shape index (κ3) is 1.84. The Morgan fingerprint density at radius 1 is 1.00 bits per heavy atom. The Morgan fingerprint density at radius 3 is 2.75 bits per heavy atom. The van der Waals surface area contributed by atoms with Crippen LogP contribution < -0.4 is 0 Å². The lowest BCUT2D eigenvalue weighted by Gasteiger charge is -2.24. The molecule has 0 aliphatic carbocycles. The van der Waals surface area contributed by atoms with Crippen molar-refractivity contribution in [1.29, 1.82) is 0 Å². The molecule has 0 bridgehead atoms. The Balaban J connectivity index is 1.86. The number of hydrogen-bond donors (Lipinski definition) is 0. The summed E-state index contributed by atoms with van der Waals surface area (Å²) < 4.78 is 5.60. The van der Waals surface area contributed by atoms with E-state index in [0.29, 0.717) is 5.56 Å². The summed E-state index contributed by atoms with van der Waals surface area (Å²) in [6.07, 6.45) is 0. The first-order valence-electron chi connectivity index (χ1n) is 6.26. The minimum absolute atomic E-state index is 0.226. The van der Waals surface area contributed by atoms with E-state index in [1.165, 1.54) is 0 Å². The van der Waals surface area contributed by atoms with Crippen molar-refractivity contribution in [3.63, 3.8) is 0 Å². The molecule has 0 saturated heterocycles. The lowest BCUT2D eigenvalue weighted by Crippen LogP contribution is -2.15. The van der Waals surface area contributed by atoms with Crippen molar-refractivity contribution < 1.29 is 9.53 Å². The molecule has 0 spiro atoms. The van der Waals surface area contributed by atoms with Gasteiger partial charge in [0.1, 0.15) is 0 Å². The van der Waals surface area contributed by atoms with Gasteiger partial charge in [0.2, 0.25) is 0 Å². The van der Waals surface area contributed by atoms with Gasteiger partial charge >= 0.3 is 5.97 Å². The Bertz CT molecular complexity index is 793. The van der Waals surface area contributed by atoms with E-state index in [9.17, 15) is 4.79 Å². The van der Waals surface area contributed by atoms with Gasteiger partial charge in [-0.1, -0.05) is 48.2 Å². The van der Waals surface area contributed by atoms with Crippen LogP contribution in [-0.2, 0) is 4.74 Å². The lowest BCUT2D eigenvalue weighted by atomic mass is 10.0. The predicted molar refractivity (Wildman–Crippen MR) is 82.3 cm³/mol. The van der Waals surface area contributed by atoms with Crippen LogP contribution >= 0.6 is 23.1 Å². The summed E-state index contributed by atoms with van der Waals surface area (Å²) in [7, 11) is 0. The summed E-state index contributed by atoms with van der Waals surface area (Å²) in [5.74, 6) is -0.228. The number of carbonyl (C=O) groups is 1. The molecule has 98 valence electrons. The van der Waals surface area contributed by atoms with Gasteiger partial charge in [-0.2, -0.15) is 0 Å². The molecule has 2 nitrogen and oxygen atoms in total. The van der Waals surface area contributed by atoms with Crippen molar-refractivity contribution in [2.45, 2.75) is 10.3 Å². The van der Waals surface area contributed by atoms with Crippen LogP contribution in [-0.4, -0.2) is 5.97 Å². The highest BCUT2D eigenvalue weighted by Crippen LogP contribution is 2.45. The van der Waals surface area contributed by atoms with E-state index >= 15 is 0 Å². The summed E-state index contributed by atoms with van der Waals surface area (Å²) in [5.41, 5.74) is 0.470. The number of cyclic esters (lactones) is 1. The maximum absolute atomic E-state index is 12.4. The highest BCUT2D eigenvalue weighted by molar-refractivity contribution is 7.99. The third-order valence-electron chi connectivity index (χ3n) is 3.32. The molecule has 0 fully saturated rings. The van der Waals surface area contributed by atoms with E-state index in [2.05, 4.69) is 6.07 Å². The minimum atomic E-state index is -0.228. The zero-order valence-electron chi connectivity index (χ0n) is 10.4. The molecule has 0 saturated carbocycles. The number of hydrogen-bond acceptors (Lipinski definition) is 4. The molecule has 2 aromatic carbocycles. The molecule has 1 atom stereocenters. The standard InChI is InChI=1S/C16H10O2S2/c17-15-14-11-5-2-1-4-10(11)7-8-12(14)20-16(18-15)13-6-3-9-19-13/h1-9,16H. The van der Waals surface area contributed by atoms with Crippen molar-refractivity contribution in [1.82, 2.24) is 0 Å². The number of carbonyl (C=O) groups excluding carboxylic acids is 1. The number of fused-ring (bicyclic) bond motifs is 3. The van der Waals surface area contributed by atoms with Gasteiger partial charge in [0.25, 0.3) is 0 Å². The first-order valence-corrected chi connectivity index (χ1v) is 8.01. The zero-order valence-corrected chi connectivity index (χ0v) is 12.0. The molecular weight excluding hydrogens is 288 g/mol. The topological polar surface area (TPSA) is 26.3 Å². The van der Waals surface area contributed by atoms with Crippen LogP contribution in [0.25, 0.3) is 10.8 Å². The lowest BCUT2D eigenvalue weighted by molar-refractivity contribution is 0.0447. The molecule has 1 aromatic heterocycles. The van der Waals surface area contributed by atoms with Gasteiger partial charge in [-0.25, -0.2) is 4.79 Å². The molecule has 0 amide bonds. The molecule has 1 unspecified atom stereocenters. The fourth-order valence-electron chi connectivity index (χ4n) is 2.40. The van der Waals surface area contributed by atoms with Gasteiger partial charge in [0.05, 0.1) is 10.4 Å². The second-order valence-electron chi connectivity index (χ2n) is 4.53. The van der Waals surface area contributed by atoms with E-state index in [1.807, 2.05) is 47.8 Å². The molecule has 0 N–H and O–H groups in total. The average Bonchev–Trinajstić information content (AvgIpc) is 3.01.